The summed E-state index contributed by atoms with van der Waals surface area (Å²) < 4.78 is 0. The average Bonchev–Trinajstić information content (AvgIpc) is 4.36. The number of aromatic amines is 2. The summed E-state index contributed by atoms with van der Waals surface area (Å²) in [6.45, 7) is 4.94. The second-order valence-corrected chi connectivity index (χ2v) is 21.4. The van der Waals surface area contributed by atoms with Gasteiger partial charge in [0.2, 0.25) is 59.1 Å². The molecule has 468 valence electrons. The molecule has 0 radical (unpaired) electrons. The van der Waals surface area contributed by atoms with E-state index in [0.29, 0.717) is 42.0 Å². The summed E-state index contributed by atoms with van der Waals surface area (Å²) in [5, 5.41) is 42.1. The van der Waals surface area contributed by atoms with Gasteiger partial charge in [-0.25, -0.2) is 9.97 Å². The maximum absolute atomic E-state index is 14.4. The molecule has 85 heavy (non-hydrogen) atoms. The molecule has 11 atom stereocenters. The summed E-state index contributed by atoms with van der Waals surface area (Å²) in [5.74, 6) is -12.2. The maximum Gasteiger partial charge on any atom is 0.325 e. The van der Waals surface area contributed by atoms with Gasteiger partial charge in [-0.15, -0.1) is 0 Å². The highest BCUT2D eigenvalue weighted by Crippen LogP contribution is 2.14. The fraction of sp³-hybridized carbons (Fsp3) is 0.547. The zero-order valence-electron chi connectivity index (χ0n) is 47.7. The smallest absolute Gasteiger partial charge is 0.325 e. The minimum atomic E-state index is -1.68. The lowest BCUT2D eigenvalue weighted by Crippen LogP contribution is -2.61. The van der Waals surface area contributed by atoms with Crippen LogP contribution < -0.4 is 65.1 Å². The Morgan fingerprint density at radius 3 is 1.52 bits per heavy atom. The fourth-order valence-corrected chi connectivity index (χ4v) is 8.98. The van der Waals surface area contributed by atoms with Gasteiger partial charge in [-0.2, -0.15) is 24.4 Å². The van der Waals surface area contributed by atoms with Gasteiger partial charge in [0.25, 0.3) is 0 Å². The third-order valence-corrected chi connectivity index (χ3v) is 14.3. The van der Waals surface area contributed by atoms with Crippen molar-refractivity contribution >= 4 is 95.4 Å². The molecule has 32 heteroatoms. The van der Waals surface area contributed by atoms with Crippen LogP contribution in [-0.2, 0) is 76.8 Å². The summed E-state index contributed by atoms with van der Waals surface area (Å²) in [7, 11) is 0. The molecule has 0 unspecified atom stereocenters. The molecule has 0 bridgehead atoms. The molecular formula is C53H80N16O14S2. The highest BCUT2D eigenvalue weighted by molar-refractivity contribution is 7.98. The van der Waals surface area contributed by atoms with Gasteiger partial charge in [0.1, 0.15) is 54.4 Å². The minimum absolute atomic E-state index is 0.0202. The number of thiol groups is 1. The monoisotopic (exact) mass is 1230 g/mol. The van der Waals surface area contributed by atoms with Crippen LogP contribution >= 0.6 is 24.4 Å². The number of H-pyrrole nitrogens is 2. The zero-order valence-corrected chi connectivity index (χ0v) is 49.4. The van der Waals surface area contributed by atoms with Crippen LogP contribution in [-0.4, -0.2) is 186 Å². The second kappa shape index (κ2) is 37.3. The van der Waals surface area contributed by atoms with Gasteiger partial charge in [-0.3, -0.25) is 57.5 Å². The molecule has 0 aliphatic heterocycles. The standard InChI is InChI=1S/C53H80N16O14S2/c1-5-28(2)43(69-44(73)33(55)22-41(56)70)52(81)64-34(13-9-10-17-54)45(74)63-36(16-18-85-4)47(76)66-39(21-32-24-58-27-60-32)50(79)68-40(25-84)51(80)62-35(14-15-42(71)72)46(75)65-37(19-30-11-7-6-8-12-30)49(78)67-38(20-31-23-57-26-59-31)48(77)61-29(3)53(82)83/h6-8,11-12,23-24,26-29,33-40,43,84H,5,9-10,13-22,25,54-55H2,1-4H3,(H2,56,70)(H,57,59)(H,58,60)(H,61,77)(H,62,80)(H,63,74)(H,64,81)(H,65,75)(H,66,76)(H,67,78)(H,68,79)(H,69,73)(H,71,72)(H,82,83)/t28-,29-,33-,34-,35-,36-,37-,38-,39-,40-,43-/m0/s1. The number of carbonyl (C=O) groups is 12. The van der Waals surface area contributed by atoms with Crippen molar-refractivity contribution in [2.24, 2.45) is 23.1 Å². The van der Waals surface area contributed by atoms with Crippen LogP contribution in [0, 0.1) is 5.92 Å². The van der Waals surface area contributed by atoms with E-state index >= 15 is 0 Å². The predicted molar refractivity (Wildman–Crippen MR) is 313 cm³/mol. The van der Waals surface area contributed by atoms with Gasteiger partial charge < -0.3 is 85.2 Å². The molecule has 3 rings (SSSR count). The van der Waals surface area contributed by atoms with Crippen LogP contribution in [0.1, 0.15) is 89.1 Å². The molecule has 2 heterocycles. The number of carboxylic acids is 2. The minimum Gasteiger partial charge on any atom is -0.481 e. The number of nitrogens with one attached hydrogen (secondary N) is 11. The molecule has 1 aromatic carbocycles. The van der Waals surface area contributed by atoms with E-state index < -0.39 is 162 Å². The lowest BCUT2D eigenvalue weighted by molar-refractivity contribution is -0.142. The molecule has 19 N–H and O–H groups in total. The number of thioether (sulfide) groups is 1. The van der Waals surface area contributed by atoms with Gasteiger partial charge in [-0.05, 0) is 69.1 Å². The SMILES string of the molecule is CC[C@H](C)[C@H](NC(=O)[C@@H](N)CC(N)=O)C(=O)N[C@@H](CCCCN)C(=O)N[C@@H](CCSC)C(=O)N[C@@H](Cc1cnc[nH]1)C(=O)N[C@@H](CS)C(=O)N[C@@H](CCC(=O)O)C(=O)N[C@@H](Cc1ccccc1)C(=O)N[C@@H](Cc1cnc[nH]1)C(=O)N[C@@H](C)C(=O)O. The number of rotatable bonds is 40. The summed E-state index contributed by atoms with van der Waals surface area (Å²) >= 11 is 5.63. The Bertz CT molecular complexity index is 2690. The van der Waals surface area contributed by atoms with E-state index in [1.807, 2.05) is 0 Å². The number of nitrogens with zero attached hydrogens (tertiary/aromatic N) is 2. The molecule has 2 aromatic heterocycles. The lowest BCUT2D eigenvalue weighted by Gasteiger charge is -2.29. The number of nitrogens with two attached hydrogens (primary N) is 3. The number of benzene rings is 1. The summed E-state index contributed by atoms with van der Waals surface area (Å²) in [4.78, 5) is 174. The van der Waals surface area contributed by atoms with Crippen molar-refractivity contribution in [3.8, 4) is 0 Å². The van der Waals surface area contributed by atoms with Crippen LogP contribution in [0.15, 0.2) is 55.4 Å². The molecule has 0 fully saturated rings. The molecule has 0 aliphatic rings. The number of unbranched alkanes of at least 4 members (excludes halogenated alkanes) is 1. The first kappa shape index (κ1) is 71.2. The topological polar surface area (TPSA) is 489 Å². The van der Waals surface area contributed by atoms with Gasteiger partial charge in [-0.1, -0.05) is 50.6 Å². The van der Waals surface area contributed by atoms with Crippen LogP contribution in [0.25, 0.3) is 0 Å². The fourth-order valence-electron chi connectivity index (χ4n) is 8.25. The van der Waals surface area contributed by atoms with Crippen molar-refractivity contribution in [2.75, 3.05) is 24.3 Å². The number of hydrogen-bond donors (Lipinski definition) is 17. The number of aromatic nitrogens is 4. The van der Waals surface area contributed by atoms with Gasteiger partial charge >= 0.3 is 11.9 Å². The number of aliphatic carboxylic acids is 2. The van der Waals surface area contributed by atoms with E-state index in [4.69, 9.17) is 17.2 Å². The lowest BCUT2D eigenvalue weighted by atomic mass is 9.96. The number of imidazole rings is 2. The van der Waals surface area contributed by atoms with E-state index in [-0.39, 0.29) is 38.6 Å². The number of amides is 10. The van der Waals surface area contributed by atoms with E-state index in [0.717, 1.165) is 0 Å². The number of hydrogen-bond acceptors (Lipinski definition) is 18. The first-order valence-corrected chi connectivity index (χ1v) is 29.4. The molecule has 0 spiro atoms. The highest BCUT2D eigenvalue weighted by atomic mass is 32.2. The average molecular weight is 1230 g/mol. The quantitative estimate of drug-likeness (QED) is 0.0194. The van der Waals surface area contributed by atoms with Gasteiger partial charge in [0, 0.05) is 55.2 Å². The van der Waals surface area contributed by atoms with E-state index in [9.17, 15) is 67.7 Å². The second-order valence-electron chi connectivity index (χ2n) is 20.1. The van der Waals surface area contributed by atoms with E-state index in [1.54, 1.807) is 50.4 Å². The van der Waals surface area contributed by atoms with Crippen molar-refractivity contribution in [3.63, 3.8) is 0 Å². The Morgan fingerprint density at radius 1 is 0.600 bits per heavy atom. The molecule has 10 amide bonds. The van der Waals surface area contributed by atoms with Crippen molar-refractivity contribution in [1.29, 1.82) is 0 Å². The van der Waals surface area contributed by atoms with Crippen molar-refractivity contribution in [1.82, 2.24) is 67.8 Å². The molecule has 30 nitrogen and oxygen atoms in total. The summed E-state index contributed by atoms with van der Waals surface area (Å²) in [5.41, 5.74) is 18.1. The Labute approximate surface area is 500 Å². The molecule has 0 saturated heterocycles. The number of carbonyl (C=O) groups excluding carboxylic acids is 10. The third-order valence-electron chi connectivity index (χ3n) is 13.3. The number of primary amides is 1. The normalized spacial score (nSPS) is 15.0. The van der Waals surface area contributed by atoms with Gasteiger partial charge in [0.15, 0.2) is 0 Å². The third kappa shape index (κ3) is 25.3. The van der Waals surface area contributed by atoms with Crippen molar-refractivity contribution in [3.05, 3.63) is 72.3 Å². The first-order valence-electron chi connectivity index (χ1n) is 27.4. The maximum atomic E-state index is 14.4. The summed E-state index contributed by atoms with van der Waals surface area (Å²) in [6.07, 6.45) is 6.15. The van der Waals surface area contributed by atoms with Crippen LogP contribution in [0.4, 0.5) is 0 Å². The Morgan fingerprint density at radius 2 is 1.06 bits per heavy atom. The Balaban J connectivity index is 1.91. The van der Waals surface area contributed by atoms with Crippen LogP contribution in [0.3, 0.4) is 0 Å². The number of carboxylic acid groups (broad SMARTS) is 2. The molecule has 0 aliphatic carbocycles. The van der Waals surface area contributed by atoms with E-state index in [1.165, 1.54) is 43.7 Å². The molecular weight excluding hydrogens is 1150 g/mol. The van der Waals surface area contributed by atoms with Gasteiger partial charge in [0.05, 0.1) is 25.1 Å². The first-order chi connectivity index (χ1) is 40.4. The highest BCUT2D eigenvalue weighted by Gasteiger charge is 2.37. The molecule has 3 aromatic rings. The Hall–Kier alpha value is -8.10. The van der Waals surface area contributed by atoms with Crippen molar-refractivity contribution < 1.29 is 67.7 Å². The molecule has 0 saturated carbocycles. The predicted octanol–water partition coefficient (Wildman–Crippen LogP) is -3.45. The zero-order chi connectivity index (χ0) is 63.2. The van der Waals surface area contributed by atoms with Crippen LogP contribution in [0.5, 0.6) is 0 Å². The van der Waals surface area contributed by atoms with Crippen molar-refractivity contribution in [2.45, 2.75) is 152 Å². The Kier molecular flexibility index (Phi) is 31.2. The van der Waals surface area contributed by atoms with E-state index in [2.05, 4.69) is 80.4 Å². The largest absolute Gasteiger partial charge is 0.481 e. The van der Waals surface area contributed by atoms with Crippen LogP contribution in [0.2, 0.25) is 0 Å². The summed E-state index contributed by atoms with van der Waals surface area (Å²) in [6, 6.07) is -5.80.